The summed E-state index contributed by atoms with van der Waals surface area (Å²) in [6, 6.07) is 12.3. The van der Waals surface area contributed by atoms with Gasteiger partial charge in [0.1, 0.15) is 12.2 Å². The van der Waals surface area contributed by atoms with Gasteiger partial charge in [-0.1, -0.05) is 23.7 Å². The number of hydrogen-bond donors (Lipinski definition) is 0. The zero-order chi connectivity index (χ0) is 21.3. The van der Waals surface area contributed by atoms with Crippen LogP contribution in [0.25, 0.3) is 5.57 Å². The Hall–Kier alpha value is -3.19. The molecule has 1 saturated carbocycles. The van der Waals surface area contributed by atoms with Crippen LogP contribution < -0.4 is 0 Å². The minimum atomic E-state index is -0.548. The molecule has 154 valence electrons. The second kappa shape index (κ2) is 8.28. The van der Waals surface area contributed by atoms with Gasteiger partial charge < -0.3 is 9.47 Å². The molecule has 1 aliphatic carbocycles. The lowest BCUT2D eigenvalue weighted by molar-refractivity contribution is -0.384. The van der Waals surface area contributed by atoms with Crippen LogP contribution in [0.4, 0.5) is 5.69 Å². The number of allylic oxidation sites excluding steroid dienone is 1. The Morgan fingerprint density at radius 2 is 1.80 bits per heavy atom. The summed E-state index contributed by atoms with van der Waals surface area (Å²) in [7, 11) is 0. The number of nitro benzene ring substituents is 1. The van der Waals surface area contributed by atoms with Gasteiger partial charge in [0.25, 0.3) is 5.69 Å². The van der Waals surface area contributed by atoms with Crippen molar-refractivity contribution in [2.75, 3.05) is 0 Å². The number of hydrogen-bond acceptors (Lipinski definition) is 6. The van der Waals surface area contributed by atoms with E-state index in [-0.39, 0.29) is 35.2 Å². The van der Waals surface area contributed by atoms with Crippen molar-refractivity contribution < 1.29 is 24.0 Å². The molecule has 8 heteroatoms. The van der Waals surface area contributed by atoms with Gasteiger partial charge in [-0.2, -0.15) is 0 Å². The van der Waals surface area contributed by atoms with Crippen molar-refractivity contribution in [1.29, 1.82) is 0 Å². The molecule has 0 amide bonds. The topological polar surface area (TPSA) is 95.7 Å². The third kappa shape index (κ3) is 4.07. The minimum absolute atomic E-state index is 0.0220. The first-order valence-electron chi connectivity index (χ1n) is 9.53. The number of carbonyl (C=O) groups is 2. The second-order valence-electron chi connectivity index (χ2n) is 7.33. The van der Waals surface area contributed by atoms with Crippen LogP contribution in [0.15, 0.2) is 54.8 Å². The van der Waals surface area contributed by atoms with Gasteiger partial charge in [-0.25, -0.2) is 4.79 Å². The Labute approximate surface area is 177 Å². The van der Waals surface area contributed by atoms with Gasteiger partial charge in [0, 0.05) is 23.6 Å². The summed E-state index contributed by atoms with van der Waals surface area (Å²) in [6.07, 6.45) is 2.26. The van der Waals surface area contributed by atoms with Crippen molar-refractivity contribution in [3.8, 4) is 0 Å². The summed E-state index contributed by atoms with van der Waals surface area (Å²) in [5.74, 6) is -0.809. The molecule has 30 heavy (non-hydrogen) atoms. The number of benzene rings is 2. The van der Waals surface area contributed by atoms with Crippen LogP contribution in [-0.2, 0) is 14.3 Å². The summed E-state index contributed by atoms with van der Waals surface area (Å²) >= 11 is 5.91. The number of fused-ring (bicyclic) bond motifs is 1. The second-order valence-corrected chi connectivity index (χ2v) is 7.76. The molecule has 7 nitrogen and oxygen atoms in total. The lowest BCUT2D eigenvalue weighted by Gasteiger charge is -2.37. The van der Waals surface area contributed by atoms with E-state index in [0.29, 0.717) is 29.9 Å². The van der Waals surface area contributed by atoms with Gasteiger partial charge in [0.05, 0.1) is 28.2 Å². The standard InChI is InChI=1S/C22H18ClNO6/c23-15-5-1-13(2-6-15)19-12-29-20-11-17(9-10-18(20)21(19)25)30-22(26)14-3-7-16(8-4-14)24(27)28/h1-8,12,17-18,20H,9-11H2. The fourth-order valence-corrected chi connectivity index (χ4v) is 3.97. The summed E-state index contributed by atoms with van der Waals surface area (Å²) < 4.78 is 11.4. The van der Waals surface area contributed by atoms with Crippen LogP contribution in [0.2, 0.25) is 5.02 Å². The number of nitro groups is 1. The third-order valence-corrected chi connectivity index (χ3v) is 5.70. The Morgan fingerprint density at radius 3 is 2.47 bits per heavy atom. The van der Waals surface area contributed by atoms with E-state index in [0.717, 1.165) is 5.56 Å². The number of ketones is 1. The third-order valence-electron chi connectivity index (χ3n) is 5.45. The maximum Gasteiger partial charge on any atom is 0.338 e. The molecule has 1 aliphatic heterocycles. The highest BCUT2D eigenvalue weighted by Gasteiger charge is 2.41. The minimum Gasteiger partial charge on any atom is -0.496 e. The van der Waals surface area contributed by atoms with Gasteiger partial charge in [0.15, 0.2) is 5.78 Å². The van der Waals surface area contributed by atoms with E-state index in [1.54, 1.807) is 24.3 Å². The molecule has 2 aromatic carbocycles. The highest BCUT2D eigenvalue weighted by atomic mass is 35.5. The summed E-state index contributed by atoms with van der Waals surface area (Å²) in [5, 5.41) is 11.3. The first-order valence-corrected chi connectivity index (χ1v) is 9.91. The monoisotopic (exact) mass is 427 g/mol. The van der Waals surface area contributed by atoms with Gasteiger partial charge in [-0.3, -0.25) is 14.9 Å². The molecule has 1 fully saturated rings. The average molecular weight is 428 g/mol. The zero-order valence-electron chi connectivity index (χ0n) is 15.8. The molecule has 4 rings (SSSR count). The van der Waals surface area contributed by atoms with Crippen molar-refractivity contribution >= 4 is 34.6 Å². The molecule has 0 radical (unpaired) electrons. The summed E-state index contributed by atoms with van der Waals surface area (Å²) in [4.78, 5) is 35.5. The van der Waals surface area contributed by atoms with Crippen LogP contribution >= 0.6 is 11.6 Å². The number of esters is 1. The first-order chi connectivity index (χ1) is 14.4. The first kappa shape index (κ1) is 20.1. The SMILES string of the molecule is O=C(OC1CCC2C(=O)C(c3ccc(Cl)cc3)=COC2C1)c1ccc([N+](=O)[O-])cc1. The Morgan fingerprint density at radius 1 is 1.10 bits per heavy atom. The van der Waals surface area contributed by atoms with Gasteiger partial charge in [0.2, 0.25) is 0 Å². The van der Waals surface area contributed by atoms with Crippen molar-refractivity contribution in [2.45, 2.75) is 31.5 Å². The van der Waals surface area contributed by atoms with Crippen molar-refractivity contribution in [3.05, 3.63) is 81.1 Å². The lowest BCUT2D eigenvalue weighted by atomic mass is 9.78. The van der Waals surface area contributed by atoms with Gasteiger partial charge >= 0.3 is 5.97 Å². The number of Topliss-reactive ketones (excluding diaryl/α,β-unsaturated/α-hetero) is 1. The molecule has 2 aliphatic rings. The van der Waals surface area contributed by atoms with E-state index in [9.17, 15) is 19.7 Å². The quantitative estimate of drug-likeness (QED) is 0.402. The fourth-order valence-electron chi connectivity index (χ4n) is 3.84. The molecule has 3 unspecified atom stereocenters. The largest absolute Gasteiger partial charge is 0.496 e. The van der Waals surface area contributed by atoms with E-state index < -0.39 is 10.9 Å². The Kier molecular flexibility index (Phi) is 5.55. The average Bonchev–Trinajstić information content (AvgIpc) is 2.75. The zero-order valence-corrected chi connectivity index (χ0v) is 16.6. The number of rotatable bonds is 4. The molecule has 3 atom stereocenters. The molecular formula is C22H18ClNO6. The molecule has 1 heterocycles. The van der Waals surface area contributed by atoms with Crippen LogP contribution in [0.1, 0.15) is 35.2 Å². The molecular weight excluding hydrogens is 410 g/mol. The van der Waals surface area contributed by atoms with E-state index in [1.165, 1.54) is 30.5 Å². The van der Waals surface area contributed by atoms with Crippen LogP contribution in [0, 0.1) is 16.0 Å². The number of ether oxygens (including phenoxy) is 2. The fraction of sp³-hybridized carbons (Fsp3) is 0.273. The summed E-state index contributed by atoms with van der Waals surface area (Å²) in [6.45, 7) is 0. The molecule has 2 aromatic rings. The number of nitrogens with zero attached hydrogens (tertiary/aromatic N) is 1. The van der Waals surface area contributed by atoms with Crippen LogP contribution in [0.3, 0.4) is 0 Å². The maximum absolute atomic E-state index is 12.9. The van der Waals surface area contributed by atoms with E-state index in [4.69, 9.17) is 21.1 Å². The molecule has 0 bridgehead atoms. The maximum atomic E-state index is 12.9. The number of non-ortho nitro benzene ring substituents is 1. The predicted molar refractivity (Wildman–Crippen MR) is 109 cm³/mol. The van der Waals surface area contributed by atoms with Crippen molar-refractivity contribution in [3.63, 3.8) is 0 Å². The Bertz CT molecular complexity index is 1010. The number of halogens is 1. The van der Waals surface area contributed by atoms with Crippen molar-refractivity contribution in [1.82, 2.24) is 0 Å². The normalized spacial score (nSPS) is 23.0. The van der Waals surface area contributed by atoms with E-state index in [2.05, 4.69) is 0 Å². The molecule has 0 saturated heterocycles. The lowest BCUT2D eigenvalue weighted by Crippen LogP contribution is -2.41. The molecule has 0 spiro atoms. The molecule has 0 N–H and O–H groups in total. The molecule has 0 aromatic heterocycles. The number of carbonyl (C=O) groups excluding carboxylic acids is 2. The Balaban J connectivity index is 1.40. The highest BCUT2D eigenvalue weighted by molar-refractivity contribution is 6.30. The predicted octanol–water partition coefficient (Wildman–Crippen LogP) is 4.58. The van der Waals surface area contributed by atoms with Crippen LogP contribution in [0.5, 0.6) is 0 Å². The smallest absolute Gasteiger partial charge is 0.338 e. The van der Waals surface area contributed by atoms with E-state index >= 15 is 0 Å². The van der Waals surface area contributed by atoms with Gasteiger partial charge in [-0.05, 0) is 42.7 Å². The highest BCUT2D eigenvalue weighted by Crippen LogP contribution is 2.37. The summed E-state index contributed by atoms with van der Waals surface area (Å²) in [5.41, 5.74) is 1.43. The van der Waals surface area contributed by atoms with E-state index in [1.807, 2.05) is 0 Å². The van der Waals surface area contributed by atoms with Gasteiger partial charge in [-0.15, -0.1) is 0 Å². The van der Waals surface area contributed by atoms with Crippen molar-refractivity contribution in [2.24, 2.45) is 5.92 Å². The van der Waals surface area contributed by atoms with Crippen LogP contribution in [-0.4, -0.2) is 28.9 Å².